The van der Waals surface area contributed by atoms with E-state index in [1.165, 1.54) is 19.3 Å². The van der Waals surface area contributed by atoms with E-state index in [0.717, 1.165) is 32.8 Å². The monoisotopic (exact) mass is 691 g/mol. The van der Waals surface area contributed by atoms with Crippen LogP contribution in [0.5, 0.6) is 0 Å². The molecule has 1 amide bonds. The van der Waals surface area contributed by atoms with Crippen molar-refractivity contribution in [3.63, 3.8) is 0 Å². The Bertz CT molecular complexity index is 1330. The lowest BCUT2D eigenvalue weighted by Crippen LogP contribution is -2.56. The number of hydrogen-bond donors (Lipinski definition) is 3. The molecule has 0 unspecified atom stereocenters. The minimum atomic E-state index is -2.66. The quantitative estimate of drug-likeness (QED) is 0.0587. The molecule has 8 nitrogen and oxygen atoms in total. The van der Waals surface area contributed by atoms with E-state index in [1.807, 2.05) is 0 Å². The number of allylic oxidation sites excluding steroid dienone is 1. The van der Waals surface area contributed by atoms with E-state index in [0.29, 0.717) is 55.2 Å². The van der Waals surface area contributed by atoms with Gasteiger partial charge in [0.25, 0.3) is 0 Å². The Balaban J connectivity index is 2.04. The average Bonchev–Trinajstić information content (AvgIpc) is 3.07. The average molecular weight is 692 g/mol. The summed E-state index contributed by atoms with van der Waals surface area (Å²) >= 11 is 0. The van der Waals surface area contributed by atoms with Gasteiger partial charge in [0.1, 0.15) is 11.9 Å². The van der Waals surface area contributed by atoms with Crippen molar-refractivity contribution in [1.29, 1.82) is 0 Å². The highest BCUT2D eigenvalue weighted by Crippen LogP contribution is 2.29. The molecule has 11 heteroatoms. The number of esters is 1. The number of hydrogen-bond acceptors (Lipinski definition) is 6. The number of carbonyl (C=O) groups is 3. The summed E-state index contributed by atoms with van der Waals surface area (Å²) in [6.07, 6.45) is 9.72. The van der Waals surface area contributed by atoms with Gasteiger partial charge < -0.3 is 25.0 Å². The summed E-state index contributed by atoms with van der Waals surface area (Å²) in [6.45, 7) is 1.37. The van der Waals surface area contributed by atoms with E-state index in [1.54, 1.807) is 48.5 Å². The first-order valence-corrected chi connectivity index (χ1v) is 17.1. The van der Waals surface area contributed by atoms with E-state index in [2.05, 4.69) is 12.2 Å². The summed E-state index contributed by atoms with van der Waals surface area (Å²) in [4.78, 5) is 38.4. The molecule has 0 bridgehead atoms. The second-order valence-corrected chi connectivity index (χ2v) is 12.5. The molecular weight excluding hydrogens is 639 g/mol. The molecule has 0 radical (unpaired) electrons. The number of nitrogens with one attached hydrogen (secondary N) is 1. The van der Waals surface area contributed by atoms with Crippen molar-refractivity contribution in [3.8, 4) is 11.1 Å². The second kappa shape index (κ2) is 21.4. The van der Waals surface area contributed by atoms with Gasteiger partial charge in [0.15, 0.2) is 5.60 Å². The zero-order valence-electron chi connectivity index (χ0n) is 28.9. The molecule has 0 aliphatic carbocycles. The van der Waals surface area contributed by atoms with Gasteiger partial charge in [-0.05, 0) is 42.9 Å². The minimum Gasteiger partial charge on any atom is -0.479 e. The molecule has 0 spiro atoms. The smallest absolute Gasteiger partial charge is 0.339 e. The van der Waals surface area contributed by atoms with Gasteiger partial charge in [-0.3, -0.25) is 4.79 Å². The number of aliphatic hydroxyl groups is 1. The highest BCUT2D eigenvalue weighted by Gasteiger charge is 2.47. The molecule has 3 N–H and O–H groups in total. The van der Waals surface area contributed by atoms with Gasteiger partial charge in [0.05, 0.1) is 19.6 Å². The van der Waals surface area contributed by atoms with Crippen molar-refractivity contribution in [2.24, 2.45) is 5.92 Å². The minimum absolute atomic E-state index is 0.0277. The molecule has 0 heterocycles. The van der Waals surface area contributed by atoms with Crippen molar-refractivity contribution < 1.29 is 47.2 Å². The number of benzene rings is 2. The van der Waals surface area contributed by atoms with Crippen LogP contribution in [0.3, 0.4) is 0 Å². The third-order valence-corrected chi connectivity index (χ3v) is 8.55. The number of halogens is 3. The molecule has 2 rings (SSSR count). The van der Waals surface area contributed by atoms with Crippen molar-refractivity contribution >= 4 is 17.8 Å². The third kappa shape index (κ3) is 14.0. The fraction of sp³-hybridized carbons (Fsp3) is 0.553. The molecule has 0 saturated heterocycles. The predicted molar refractivity (Wildman–Crippen MR) is 183 cm³/mol. The number of unbranched alkanes of at least 4 members (excludes halogenated alkanes) is 8. The normalized spacial score (nSPS) is 14.3. The Hall–Kier alpha value is -3.70. The second-order valence-electron chi connectivity index (χ2n) is 12.5. The Morgan fingerprint density at radius 2 is 1.51 bits per heavy atom. The number of aliphatic carboxylic acids is 1. The van der Waals surface area contributed by atoms with Crippen LogP contribution in [0.2, 0.25) is 0 Å². The van der Waals surface area contributed by atoms with Crippen LogP contribution in [0.25, 0.3) is 11.1 Å². The maximum atomic E-state index is 14.2. The van der Waals surface area contributed by atoms with E-state index in [4.69, 9.17) is 9.47 Å². The number of alkyl halides is 2. The third-order valence-electron chi connectivity index (χ3n) is 8.55. The number of methoxy groups -OCH3 is 2. The summed E-state index contributed by atoms with van der Waals surface area (Å²) in [5.41, 5.74) is -1.03. The zero-order valence-corrected chi connectivity index (χ0v) is 28.9. The van der Waals surface area contributed by atoms with Gasteiger partial charge in [-0.25, -0.2) is 22.8 Å². The Morgan fingerprint density at radius 3 is 2.08 bits per heavy atom. The van der Waals surface area contributed by atoms with Crippen LogP contribution >= 0.6 is 0 Å². The molecule has 272 valence electrons. The molecule has 0 aliphatic rings. The number of carboxylic acid groups (broad SMARTS) is 1. The number of amides is 1. The SMILES string of the molecule is CCCCCCCC(F)(F)CCCCCCC=C[C@H](C(=O)N[C@@H](Cc1ccc(-c2ccccc2F)cc1)C(=O)OC)[C@@](O)(COC)C(=O)O. The molecule has 0 aromatic heterocycles. The fourth-order valence-corrected chi connectivity index (χ4v) is 5.66. The van der Waals surface area contributed by atoms with Crippen LogP contribution in [0, 0.1) is 11.7 Å². The molecule has 0 fully saturated rings. The predicted octanol–water partition coefficient (Wildman–Crippen LogP) is 7.66. The first-order valence-electron chi connectivity index (χ1n) is 17.1. The topological polar surface area (TPSA) is 122 Å². The maximum absolute atomic E-state index is 14.2. The summed E-state index contributed by atoms with van der Waals surface area (Å²) in [5, 5.41) is 23.5. The van der Waals surface area contributed by atoms with E-state index < -0.39 is 47.9 Å². The summed E-state index contributed by atoms with van der Waals surface area (Å²) in [6, 6.07) is 11.8. The highest BCUT2D eigenvalue weighted by molar-refractivity contribution is 5.93. The maximum Gasteiger partial charge on any atom is 0.339 e. The van der Waals surface area contributed by atoms with Gasteiger partial charge >= 0.3 is 11.9 Å². The zero-order chi connectivity index (χ0) is 36.3. The van der Waals surface area contributed by atoms with Crippen molar-refractivity contribution in [3.05, 3.63) is 72.1 Å². The van der Waals surface area contributed by atoms with Crippen LogP contribution in [-0.2, 0) is 30.3 Å². The summed E-state index contributed by atoms with van der Waals surface area (Å²) < 4.78 is 52.4. The van der Waals surface area contributed by atoms with Crippen LogP contribution in [0.15, 0.2) is 60.7 Å². The van der Waals surface area contributed by atoms with Gasteiger partial charge in [0, 0.05) is 31.9 Å². The Labute approximate surface area is 288 Å². The van der Waals surface area contributed by atoms with Crippen LogP contribution in [0.4, 0.5) is 13.2 Å². The van der Waals surface area contributed by atoms with E-state index >= 15 is 0 Å². The first-order chi connectivity index (χ1) is 23.4. The molecule has 3 atom stereocenters. The number of rotatable bonds is 24. The van der Waals surface area contributed by atoms with Crippen LogP contribution in [0.1, 0.15) is 89.5 Å². The van der Waals surface area contributed by atoms with Crippen LogP contribution < -0.4 is 5.32 Å². The van der Waals surface area contributed by atoms with Crippen molar-refractivity contribution in [2.75, 3.05) is 20.8 Å². The molecule has 2 aromatic carbocycles. The van der Waals surface area contributed by atoms with Gasteiger partial charge in [-0.1, -0.05) is 100 Å². The standard InChI is InChI=1S/C38H52F3NO7/c1-4-5-6-10-15-24-37(40,41)25-16-11-8-7-9-12-18-31(38(47,27-48-2)36(45)46)34(43)42-33(35(44)49-3)26-28-20-22-29(23-21-28)30-17-13-14-19-32(30)39/h12-14,17-23,31,33,47H,4-11,15-16,24-27H2,1-3H3,(H,42,43)(H,45,46)/t31-,33+,38+/m1/s1. The fourth-order valence-electron chi connectivity index (χ4n) is 5.66. The van der Waals surface area contributed by atoms with E-state index in [-0.39, 0.29) is 25.1 Å². The number of carbonyl (C=O) groups excluding carboxylic acids is 2. The molecule has 49 heavy (non-hydrogen) atoms. The highest BCUT2D eigenvalue weighted by atomic mass is 19.3. The van der Waals surface area contributed by atoms with Gasteiger partial charge in [0.2, 0.25) is 11.8 Å². The summed E-state index contributed by atoms with van der Waals surface area (Å²) in [7, 11) is 2.33. The van der Waals surface area contributed by atoms with Crippen LogP contribution in [-0.4, -0.2) is 66.5 Å². The largest absolute Gasteiger partial charge is 0.479 e. The number of ether oxygens (including phenoxy) is 2. The first kappa shape index (κ1) is 41.5. The Morgan fingerprint density at radius 1 is 0.898 bits per heavy atom. The lowest BCUT2D eigenvalue weighted by molar-refractivity contribution is -0.173. The van der Waals surface area contributed by atoms with Crippen molar-refractivity contribution in [2.45, 2.75) is 108 Å². The lowest BCUT2D eigenvalue weighted by atomic mass is 9.86. The van der Waals surface area contributed by atoms with E-state index in [9.17, 15) is 37.8 Å². The van der Waals surface area contributed by atoms with Crippen molar-refractivity contribution in [1.82, 2.24) is 5.32 Å². The van der Waals surface area contributed by atoms with Gasteiger partial charge in [-0.15, -0.1) is 0 Å². The summed E-state index contributed by atoms with van der Waals surface area (Å²) in [5.74, 6) is -8.11. The van der Waals surface area contributed by atoms with Gasteiger partial charge in [-0.2, -0.15) is 0 Å². The molecule has 0 saturated carbocycles. The lowest BCUT2D eigenvalue weighted by Gasteiger charge is -2.30. The number of carboxylic acids is 1. The Kier molecular flexibility index (Phi) is 18.1. The molecule has 2 aromatic rings. The molecular formula is C38H52F3NO7. The molecule has 0 aliphatic heterocycles.